The average Bonchev–Trinajstić information content (AvgIpc) is 3.86. The summed E-state index contributed by atoms with van der Waals surface area (Å²) in [6.07, 6.45) is 0. The molecule has 3 heteroatoms. The molecule has 0 fully saturated rings. The van der Waals surface area contributed by atoms with E-state index in [1.165, 1.54) is 70.9 Å². The molecule has 0 unspecified atom stereocenters. The lowest BCUT2D eigenvalue weighted by Crippen LogP contribution is -1.94. The number of aromatic nitrogens is 2. The molecule has 0 amide bonds. The van der Waals surface area contributed by atoms with Gasteiger partial charge in [-0.1, -0.05) is 97.1 Å². The zero-order valence-electron chi connectivity index (χ0n) is 28.6. The fraction of sp³-hybridized carbons (Fsp3) is 0. The lowest BCUT2D eigenvalue weighted by atomic mass is 9.91. The van der Waals surface area contributed by atoms with E-state index in [4.69, 9.17) is 4.42 Å². The molecule has 0 bridgehead atoms. The maximum Gasteiger partial charge on any atom is 0.136 e. The first-order valence-corrected chi connectivity index (χ1v) is 18.2. The molecule has 246 valence electrons. The van der Waals surface area contributed by atoms with Crippen LogP contribution in [0.5, 0.6) is 0 Å². The molecule has 0 atom stereocenters. The van der Waals surface area contributed by atoms with Crippen molar-refractivity contribution in [3.8, 4) is 22.5 Å². The van der Waals surface area contributed by atoms with Crippen LogP contribution in [0, 0.1) is 0 Å². The van der Waals surface area contributed by atoms with Crippen molar-refractivity contribution >= 4 is 87.1 Å². The van der Waals surface area contributed by atoms with E-state index in [0.717, 1.165) is 38.7 Å². The lowest BCUT2D eigenvalue weighted by molar-refractivity contribution is 0.669. The van der Waals surface area contributed by atoms with E-state index in [9.17, 15) is 0 Å². The fourth-order valence-electron chi connectivity index (χ4n) is 8.92. The molecule has 53 heavy (non-hydrogen) atoms. The summed E-state index contributed by atoms with van der Waals surface area (Å²) in [5, 5.41) is 12.1. The first kappa shape index (κ1) is 28.6. The van der Waals surface area contributed by atoms with Gasteiger partial charge in [-0.15, -0.1) is 0 Å². The summed E-state index contributed by atoms with van der Waals surface area (Å²) in [5.74, 6) is 0. The van der Waals surface area contributed by atoms with Crippen LogP contribution in [0.15, 0.2) is 186 Å². The summed E-state index contributed by atoms with van der Waals surface area (Å²) in [5.41, 5.74) is 11.3. The Labute approximate surface area is 304 Å². The predicted octanol–water partition coefficient (Wildman–Crippen LogP) is 13.8. The molecule has 0 saturated carbocycles. The Morgan fingerprint density at radius 1 is 0.302 bits per heavy atom. The van der Waals surface area contributed by atoms with Crippen molar-refractivity contribution in [2.45, 2.75) is 0 Å². The molecule has 0 N–H and O–H groups in total. The maximum atomic E-state index is 6.44. The van der Waals surface area contributed by atoms with Gasteiger partial charge >= 0.3 is 0 Å². The van der Waals surface area contributed by atoms with Gasteiger partial charge in [0.15, 0.2) is 0 Å². The zero-order chi connectivity index (χ0) is 34.6. The molecule has 3 aromatic heterocycles. The summed E-state index contributed by atoms with van der Waals surface area (Å²) in [4.78, 5) is 0. The van der Waals surface area contributed by atoms with Crippen LogP contribution < -0.4 is 0 Å². The number of fused-ring (bicyclic) bond motifs is 12. The SMILES string of the molecule is c1ccc(-n2c3ccccc3c3cc(-c4cc5cc6oc7ccccc7c6cc5c5cc6c7ccccc7n(-c7ccccc7)c6cc45)ccc32)cc1. The highest BCUT2D eigenvalue weighted by molar-refractivity contribution is 6.24. The molecule has 0 spiro atoms. The highest BCUT2D eigenvalue weighted by Crippen LogP contribution is 2.44. The third kappa shape index (κ3) is 4.05. The minimum Gasteiger partial charge on any atom is -0.456 e. The van der Waals surface area contributed by atoms with Crippen LogP contribution in [0.2, 0.25) is 0 Å². The van der Waals surface area contributed by atoms with Crippen LogP contribution in [-0.2, 0) is 0 Å². The second-order valence-corrected chi connectivity index (χ2v) is 14.1. The second-order valence-electron chi connectivity index (χ2n) is 14.1. The van der Waals surface area contributed by atoms with Gasteiger partial charge in [-0.3, -0.25) is 0 Å². The quantitative estimate of drug-likeness (QED) is 0.171. The summed E-state index contributed by atoms with van der Waals surface area (Å²) in [6.45, 7) is 0. The van der Waals surface area contributed by atoms with Crippen LogP contribution >= 0.6 is 0 Å². The fourth-order valence-corrected chi connectivity index (χ4v) is 8.92. The smallest absolute Gasteiger partial charge is 0.136 e. The van der Waals surface area contributed by atoms with Crippen LogP contribution in [0.4, 0.5) is 0 Å². The molecule has 3 heterocycles. The first-order valence-electron chi connectivity index (χ1n) is 18.2. The number of rotatable bonds is 3. The summed E-state index contributed by atoms with van der Waals surface area (Å²) in [7, 11) is 0. The average molecular weight is 675 g/mol. The number of para-hydroxylation sites is 5. The Hall–Kier alpha value is -7.10. The van der Waals surface area contributed by atoms with Crippen molar-refractivity contribution in [3.63, 3.8) is 0 Å². The van der Waals surface area contributed by atoms with Crippen molar-refractivity contribution in [2.75, 3.05) is 0 Å². The molecule has 3 nitrogen and oxygen atoms in total. The van der Waals surface area contributed by atoms with Gasteiger partial charge in [0.1, 0.15) is 11.2 Å². The standard InChI is InChI=1S/C50H30N2O/c1-3-13-33(14-4-1)51-45-20-10-7-17-35(45)42-25-31(23-24-47(42)51)38-26-32-27-50-44(37-19-9-12-22-49(37)53-50)28-39(32)40-29-43-36-18-8-11-21-46(36)52(48(43)30-41(38)40)34-15-5-2-6-16-34/h1-30H. The maximum absolute atomic E-state index is 6.44. The monoisotopic (exact) mass is 674 g/mol. The molecule has 0 saturated heterocycles. The van der Waals surface area contributed by atoms with Crippen LogP contribution in [0.3, 0.4) is 0 Å². The van der Waals surface area contributed by atoms with Crippen molar-refractivity contribution in [2.24, 2.45) is 0 Å². The van der Waals surface area contributed by atoms with E-state index in [0.29, 0.717) is 0 Å². The summed E-state index contributed by atoms with van der Waals surface area (Å²) < 4.78 is 11.2. The van der Waals surface area contributed by atoms with E-state index in [2.05, 4.69) is 185 Å². The van der Waals surface area contributed by atoms with Crippen LogP contribution in [0.25, 0.3) is 110 Å². The zero-order valence-corrected chi connectivity index (χ0v) is 28.6. The Morgan fingerprint density at radius 3 is 1.58 bits per heavy atom. The molecule has 0 aliphatic heterocycles. The molecular weight excluding hydrogens is 645 g/mol. The van der Waals surface area contributed by atoms with Gasteiger partial charge in [0.25, 0.3) is 0 Å². The lowest BCUT2D eigenvalue weighted by Gasteiger charge is -2.14. The number of furan rings is 1. The summed E-state index contributed by atoms with van der Waals surface area (Å²) in [6, 6.07) is 66.2. The minimum atomic E-state index is 0.909. The van der Waals surface area contributed by atoms with E-state index >= 15 is 0 Å². The first-order chi connectivity index (χ1) is 26.3. The van der Waals surface area contributed by atoms with Gasteiger partial charge in [-0.2, -0.15) is 0 Å². The number of hydrogen-bond acceptors (Lipinski definition) is 1. The van der Waals surface area contributed by atoms with Crippen molar-refractivity contribution in [1.29, 1.82) is 0 Å². The Bertz CT molecular complexity index is 3440. The molecule has 12 aromatic rings. The largest absolute Gasteiger partial charge is 0.456 e. The molecule has 9 aromatic carbocycles. The third-order valence-corrected chi connectivity index (χ3v) is 11.3. The Balaban J connectivity index is 1.23. The molecule has 0 aliphatic carbocycles. The van der Waals surface area contributed by atoms with Gasteiger partial charge < -0.3 is 13.6 Å². The predicted molar refractivity (Wildman–Crippen MR) is 223 cm³/mol. The molecular formula is C50H30N2O. The van der Waals surface area contributed by atoms with E-state index in [-0.39, 0.29) is 0 Å². The normalized spacial score (nSPS) is 12.2. The van der Waals surface area contributed by atoms with Gasteiger partial charge in [0.05, 0.1) is 22.1 Å². The van der Waals surface area contributed by atoms with Crippen LogP contribution in [-0.4, -0.2) is 9.13 Å². The van der Waals surface area contributed by atoms with E-state index in [1.54, 1.807) is 0 Å². The molecule has 0 aliphatic rings. The van der Waals surface area contributed by atoms with Crippen molar-refractivity contribution in [1.82, 2.24) is 9.13 Å². The summed E-state index contributed by atoms with van der Waals surface area (Å²) >= 11 is 0. The highest BCUT2D eigenvalue weighted by Gasteiger charge is 2.20. The van der Waals surface area contributed by atoms with Gasteiger partial charge in [0.2, 0.25) is 0 Å². The number of hydrogen-bond donors (Lipinski definition) is 0. The number of benzene rings is 9. The molecule has 12 rings (SSSR count). The van der Waals surface area contributed by atoms with E-state index < -0.39 is 0 Å². The second kappa shape index (κ2) is 10.7. The van der Waals surface area contributed by atoms with Gasteiger partial charge in [-0.25, -0.2) is 0 Å². The van der Waals surface area contributed by atoms with Gasteiger partial charge in [0, 0.05) is 43.7 Å². The number of nitrogens with zero attached hydrogens (tertiary/aromatic N) is 2. The Kier molecular flexibility index (Phi) is 5.77. The molecule has 0 radical (unpaired) electrons. The van der Waals surface area contributed by atoms with Crippen LogP contribution in [0.1, 0.15) is 0 Å². The van der Waals surface area contributed by atoms with E-state index in [1.807, 2.05) is 6.07 Å². The Morgan fingerprint density at radius 2 is 0.868 bits per heavy atom. The van der Waals surface area contributed by atoms with Gasteiger partial charge in [-0.05, 0) is 118 Å². The van der Waals surface area contributed by atoms with Crippen molar-refractivity contribution in [3.05, 3.63) is 182 Å². The third-order valence-electron chi connectivity index (χ3n) is 11.3. The minimum absolute atomic E-state index is 0.909. The van der Waals surface area contributed by atoms with Crippen molar-refractivity contribution < 1.29 is 4.42 Å². The highest BCUT2D eigenvalue weighted by atomic mass is 16.3. The topological polar surface area (TPSA) is 23.0 Å².